The standard InChI is InChI=1S/C17H27N3O/c1-12-8-13(2)10-15(9-12)14(3)19-16-4-6-20(7-5-16)11-17(18)21/h8-10,14,16,19H,4-7,11H2,1-3H3,(H2,18,21). The molecule has 0 radical (unpaired) electrons. The highest BCUT2D eigenvalue weighted by molar-refractivity contribution is 5.75. The molecule has 21 heavy (non-hydrogen) atoms. The van der Waals surface area contributed by atoms with Crippen molar-refractivity contribution in [2.75, 3.05) is 19.6 Å². The Kier molecular flexibility index (Phi) is 5.37. The predicted molar refractivity (Wildman–Crippen MR) is 86.1 cm³/mol. The van der Waals surface area contributed by atoms with Crippen LogP contribution in [0.25, 0.3) is 0 Å². The smallest absolute Gasteiger partial charge is 0.231 e. The van der Waals surface area contributed by atoms with Crippen molar-refractivity contribution in [2.45, 2.75) is 45.7 Å². The molecule has 4 heteroatoms. The third-order valence-electron chi connectivity index (χ3n) is 4.20. The molecule has 1 heterocycles. The van der Waals surface area contributed by atoms with Gasteiger partial charge in [-0.2, -0.15) is 0 Å². The molecule has 1 aromatic carbocycles. The summed E-state index contributed by atoms with van der Waals surface area (Å²) in [7, 11) is 0. The van der Waals surface area contributed by atoms with Gasteiger partial charge >= 0.3 is 0 Å². The molecule has 0 saturated carbocycles. The van der Waals surface area contributed by atoms with Crippen molar-refractivity contribution in [3.05, 3.63) is 34.9 Å². The van der Waals surface area contributed by atoms with Crippen LogP contribution in [0.4, 0.5) is 0 Å². The number of hydrogen-bond donors (Lipinski definition) is 2. The molecule has 0 aromatic heterocycles. The number of primary amides is 1. The van der Waals surface area contributed by atoms with Crippen LogP contribution in [0.1, 0.15) is 42.5 Å². The van der Waals surface area contributed by atoms with Crippen molar-refractivity contribution in [3.8, 4) is 0 Å². The summed E-state index contributed by atoms with van der Waals surface area (Å²) < 4.78 is 0. The number of hydrogen-bond acceptors (Lipinski definition) is 3. The molecule has 116 valence electrons. The third-order valence-corrected chi connectivity index (χ3v) is 4.20. The molecule has 1 amide bonds. The van der Waals surface area contributed by atoms with Crippen LogP contribution in [-0.2, 0) is 4.79 Å². The second-order valence-electron chi connectivity index (χ2n) is 6.33. The molecular formula is C17H27N3O. The number of benzene rings is 1. The van der Waals surface area contributed by atoms with E-state index in [1.165, 1.54) is 16.7 Å². The van der Waals surface area contributed by atoms with Gasteiger partial charge in [0.05, 0.1) is 6.54 Å². The molecule has 1 aliphatic rings. The molecule has 0 bridgehead atoms. The maximum atomic E-state index is 10.9. The Hall–Kier alpha value is -1.39. The van der Waals surface area contributed by atoms with Gasteiger partial charge in [-0.05, 0) is 39.2 Å². The number of piperidine rings is 1. The lowest BCUT2D eigenvalue weighted by Crippen LogP contribution is -2.45. The number of nitrogens with two attached hydrogens (primary N) is 1. The summed E-state index contributed by atoms with van der Waals surface area (Å²) in [6.07, 6.45) is 2.14. The first kappa shape index (κ1) is 16.0. The van der Waals surface area contributed by atoms with Crippen molar-refractivity contribution in [2.24, 2.45) is 5.73 Å². The van der Waals surface area contributed by atoms with Crippen molar-refractivity contribution < 1.29 is 4.79 Å². The summed E-state index contributed by atoms with van der Waals surface area (Å²) in [5, 5.41) is 3.72. The first-order valence-corrected chi connectivity index (χ1v) is 7.79. The Balaban J connectivity index is 1.86. The van der Waals surface area contributed by atoms with Crippen molar-refractivity contribution in [1.82, 2.24) is 10.2 Å². The summed E-state index contributed by atoms with van der Waals surface area (Å²) in [5.41, 5.74) is 9.23. The van der Waals surface area contributed by atoms with E-state index < -0.39 is 0 Å². The lowest BCUT2D eigenvalue weighted by molar-refractivity contribution is -0.119. The Morgan fingerprint density at radius 3 is 2.38 bits per heavy atom. The molecule has 1 unspecified atom stereocenters. The van der Waals surface area contributed by atoms with Crippen LogP contribution in [-0.4, -0.2) is 36.5 Å². The number of nitrogens with zero attached hydrogens (tertiary/aromatic N) is 1. The number of rotatable bonds is 5. The largest absolute Gasteiger partial charge is 0.369 e. The number of amides is 1. The average molecular weight is 289 g/mol. The van der Waals surface area contributed by atoms with Gasteiger partial charge in [-0.25, -0.2) is 0 Å². The highest BCUT2D eigenvalue weighted by Crippen LogP contribution is 2.19. The fourth-order valence-corrected chi connectivity index (χ4v) is 3.19. The van der Waals surface area contributed by atoms with E-state index in [1.807, 2.05) is 0 Å². The van der Waals surface area contributed by atoms with Crippen LogP contribution in [0.3, 0.4) is 0 Å². The van der Waals surface area contributed by atoms with E-state index in [2.05, 4.69) is 49.2 Å². The van der Waals surface area contributed by atoms with Crippen molar-refractivity contribution >= 4 is 5.91 Å². The van der Waals surface area contributed by atoms with Gasteiger partial charge < -0.3 is 11.1 Å². The van der Waals surface area contributed by atoms with Crippen molar-refractivity contribution in [3.63, 3.8) is 0 Å². The highest BCUT2D eigenvalue weighted by atomic mass is 16.1. The Labute approximate surface area is 127 Å². The molecular weight excluding hydrogens is 262 g/mol. The van der Waals surface area contributed by atoms with Gasteiger partial charge in [0.25, 0.3) is 0 Å². The normalized spacial score (nSPS) is 18.6. The Morgan fingerprint density at radius 2 is 1.86 bits per heavy atom. The Morgan fingerprint density at radius 1 is 1.29 bits per heavy atom. The zero-order valence-corrected chi connectivity index (χ0v) is 13.4. The van der Waals surface area contributed by atoms with Crippen LogP contribution in [0, 0.1) is 13.8 Å². The van der Waals surface area contributed by atoms with E-state index in [0.29, 0.717) is 18.6 Å². The number of carbonyl (C=O) groups is 1. The van der Waals surface area contributed by atoms with E-state index in [4.69, 9.17) is 5.73 Å². The van der Waals surface area contributed by atoms with E-state index in [0.717, 1.165) is 25.9 Å². The summed E-state index contributed by atoms with van der Waals surface area (Å²) in [4.78, 5) is 13.1. The van der Waals surface area contributed by atoms with E-state index >= 15 is 0 Å². The topological polar surface area (TPSA) is 58.4 Å². The number of aryl methyl sites for hydroxylation is 2. The van der Waals surface area contributed by atoms with Crippen LogP contribution in [0.15, 0.2) is 18.2 Å². The molecule has 4 nitrogen and oxygen atoms in total. The van der Waals surface area contributed by atoms with Gasteiger partial charge in [-0.3, -0.25) is 9.69 Å². The highest BCUT2D eigenvalue weighted by Gasteiger charge is 2.21. The fraction of sp³-hybridized carbons (Fsp3) is 0.588. The van der Waals surface area contributed by atoms with E-state index in [9.17, 15) is 4.79 Å². The maximum Gasteiger partial charge on any atom is 0.231 e. The zero-order valence-electron chi connectivity index (χ0n) is 13.4. The van der Waals surface area contributed by atoms with Gasteiger partial charge in [-0.15, -0.1) is 0 Å². The SMILES string of the molecule is Cc1cc(C)cc(C(C)NC2CCN(CC(N)=O)CC2)c1. The lowest BCUT2D eigenvalue weighted by atomic mass is 9.99. The number of nitrogens with one attached hydrogen (secondary N) is 1. The minimum Gasteiger partial charge on any atom is -0.369 e. The summed E-state index contributed by atoms with van der Waals surface area (Å²) in [5.74, 6) is -0.231. The lowest BCUT2D eigenvalue weighted by Gasteiger charge is -2.33. The first-order valence-electron chi connectivity index (χ1n) is 7.79. The predicted octanol–water partition coefficient (Wildman–Crippen LogP) is 1.90. The van der Waals surface area contributed by atoms with Crippen LogP contribution >= 0.6 is 0 Å². The molecule has 1 aliphatic heterocycles. The van der Waals surface area contributed by atoms with Gasteiger partial charge in [0.1, 0.15) is 0 Å². The monoisotopic (exact) mass is 289 g/mol. The van der Waals surface area contributed by atoms with Crippen LogP contribution < -0.4 is 11.1 Å². The van der Waals surface area contributed by atoms with Gasteiger partial charge in [0.2, 0.25) is 5.91 Å². The maximum absolute atomic E-state index is 10.9. The van der Waals surface area contributed by atoms with E-state index in [1.54, 1.807) is 0 Å². The van der Waals surface area contributed by atoms with Crippen molar-refractivity contribution in [1.29, 1.82) is 0 Å². The second-order valence-corrected chi connectivity index (χ2v) is 6.33. The quantitative estimate of drug-likeness (QED) is 0.870. The number of likely N-dealkylation sites (tertiary alicyclic amines) is 1. The zero-order chi connectivity index (χ0) is 15.4. The van der Waals surface area contributed by atoms with Crippen LogP contribution in [0.2, 0.25) is 0 Å². The third kappa shape index (κ3) is 4.83. The van der Waals surface area contributed by atoms with Gasteiger partial charge in [0.15, 0.2) is 0 Å². The second kappa shape index (κ2) is 7.05. The molecule has 0 spiro atoms. The molecule has 2 rings (SSSR count). The minimum atomic E-state index is -0.231. The average Bonchev–Trinajstić information content (AvgIpc) is 2.39. The molecule has 3 N–H and O–H groups in total. The van der Waals surface area contributed by atoms with Gasteiger partial charge in [-0.1, -0.05) is 29.3 Å². The Bertz CT molecular complexity index is 473. The van der Waals surface area contributed by atoms with E-state index in [-0.39, 0.29) is 5.91 Å². The summed E-state index contributed by atoms with van der Waals surface area (Å²) in [6.45, 7) is 8.79. The van der Waals surface area contributed by atoms with Crippen LogP contribution in [0.5, 0.6) is 0 Å². The number of carbonyl (C=O) groups excluding carboxylic acids is 1. The summed E-state index contributed by atoms with van der Waals surface area (Å²) in [6, 6.07) is 7.60. The molecule has 0 aliphatic carbocycles. The molecule has 1 fully saturated rings. The molecule has 1 atom stereocenters. The summed E-state index contributed by atoms with van der Waals surface area (Å²) >= 11 is 0. The fourth-order valence-electron chi connectivity index (χ4n) is 3.19. The first-order chi connectivity index (χ1) is 9.94. The molecule has 1 aromatic rings. The van der Waals surface area contributed by atoms with Gasteiger partial charge in [0, 0.05) is 25.2 Å². The molecule has 1 saturated heterocycles. The minimum absolute atomic E-state index is 0.231.